The number of hydrogen-bond acceptors (Lipinski definition) is 16. The molecule has 3 fully saturated rings. The lowest BCUT2D eigenvalue weighted by Gasteiger charge is -2.47. The van der Waals surface area contributed by atoms with Crippen LogP contribution in [-0.2, 0) is 44.6 Å². The number of nitrogen functional groups attached to an aromatic ring is 1. The van der Waals surface area contributed by atoms with Gasteiger partial charge in [-0.05, 0) is 98.5 Å². The first-order valence-electron chi connectivity index (χ1n) is 22.7. The number of carbonyl (C=O) groups excluding carboxylic acids is 4. The molecule has 7 N–H and O–H groups in total. The van der Waals surface area contributed by atoms with Crippen LogP contribution < -0.4 is 22.1 Å². The van der Waals surface area contributed by atoms with Crippen LogP contribution in [0.5, 0.6) is 0 Å². The van der Waals surface area contributed by atoms with Crippen LogP contribution >= 0.6 is 0 Å². The van der Waals surface area contributed by atoms with Gasteiger partial charge in [0.25, 0.3) is 0 Å². The molecule has 0 aliphatic carbocycles. The molecule has 19 nitrogen and oxygen atoms in total. The highest BCUT2D eigenvalue weighted by molar-refractivity contribution is 6.00. The monoisotopic (exact) mass is 900 g/mol. The summed E-state index contributed by atoms with van der Waals surface area (Å²) in [4.78, 5) is 58.2. The summed E-state index contributed by atoms with van der Waals surface area (Å²) < 4.78 is 33.5. The molecule has 4 heterocycles. The summed E-state index contributed by atoms with van der Waals surface area (Å²) in [5.74, 6) is -3.84. The Morgan fingerprint density at radius 3 is 2.50 bits per heavy atom. The fourth-order valence-corrected chi connectivity index (χ4v) is 9.77. The lowest BCUT2D eigenvalue weighted by Crippen LogP contribution is -2.61. The third kappa shape index (κ3) is 11.6. The van der Waals surface area contributed by atoms with E-state index in [-0.39, 0.29) is 31.0 Å². The number of methoxy groups -OCH3 is 1. The number of cyclic esters (lactones) is 1. The number of ketones is 1. The molecular weight excluding hydrogens is 827 g/mol. The molecular formula is C45H73N9O10. The van der Waals surface area contributed by atoms with Gasteiger partial charge < -0.3 is 55.8 Å². The molecule has 0 saturated carbocycles. The number of aryl methyl sites for hydroxylation is 1. The van der Waals surface area contributed by atoms with Gasteiger partial charge in [-0.1, -0.05) is 38.1 Å². The number of carbonyl (C=O) groups is 4. The lowest BCUT2D eigenvalue weighted by atomic mass is 9.78. The van der Waals surface area contributed by atoms with Crippen molar-refractivity contribution in [1.29, 1.82) is 0 Å². The highest BCUT2D eigenvalue weighted by atomic mass is 16.7. The summed E-state index contributed by atoms with van der Waals surface area (Å²) in [5, 5.41) is 26.7. The highest BCUT2D eigenvalue weighted by Gasteiger charge is 2.58. The number of aromatic nitrogens is 3. The second kappa shape index (κ2) is 21.8. The molecule has 0 bridgehead atoms. The van der Waals surface area contributed by atoms with Gasteiger partial charge in [-0.2, -0.15) is 0 Å². The Balaban J connectivity index is 1.38. The molecule has 3 unspecified atom stereocenters. The van der Waals surface area contributed by atoms with Gasteiger partial charge in [0.1, 0.15) is 23.8 Å². The minimum absolute atomic E-state index is 0.0771. The molecule has 64 heavy (non-hydrogen) atoms. The molecule has 0 radical (unpaired) electrons. The van der Waals surface area contributed by atoms with E-state index < -0.39 is 83.7 Å². The van der Waals surface area contributed by atoms with Gasteiger partial charge in [-0.25, -0.2) is 4.79 Å². The molecule has 1 aromatic heterocycles. The van der Waals surface area contributed by atoms with E-state index in [4.69, 9.17) is 35.2 Å². The lowest BCUT2D eigenvalue weighted by molar-refractivity contribution is -0.296. The third-order valence-corrected chi connectivity index (χ3v) is 13.4. The molecule has 2 amide bonds. The van der Waals surface area contributed by atoms with E-state index in [1.165, 1.54) is 6.92 Å². The van der Waals surface area contributed by atoms with Gasteiger partial charge in [0.2, 0.25) is 5.91 Å². The highest BCUT2D eigenvalue weighted by Crippen LogP contribution is 2.40. The molecule has 2 aromatic rings. The van der Waals surface area contributed by atoms with Crippen molar-refractivity contribution in [3.63, 3.8) is 0 Å². The van der Waals surface area contributed by atoms with Crippen LogP contribution in [0, 0.1) is 17.8 Å². The number of esters is 1. The van der Waals surface area contributed by atoms with Crippen molar-refractivity contribution in [2.75, 3.05) is 53.1 Å². The largest absolute Gasteiger partial charge is 0.458 e. The number of nitrogens with two attached hydrogens (primary N) is 2. The number of hydrogen-bond donors (Lipinski definition) is 5. The minimum atomic E-state index is -1.27. The van der Waals surface area contributed by atoms with Crippen LogP contribution in [-0.4, -0.2) is 161 Å². The topological polar surface area (TPSA) is 248 Å². The van der Waals surface area contributed by atoms with Crippen LogP contribution in [0.15, 0.2) is 30.5 Å². The number of Topliss-reactive ketones (excluding diaryl/α,β-unsaturated/α-hetero) is 1. The zero-order valence-electron chi connectivity index (χ0n) is 39.3. The number of anilines is 1. The zero-order valence-corrected chi connectivity index (χ0v) is 39.3. The Bertz CT molecular complexity index is 1900. The Labute approximate surface area is 377 Å². The van der Waals surface area contributed by atoms with Crippen molar-refractivity contribution >= 4 is 29.4 Å². The molecule has 1 aromatic carbocycles. The standard InChI is InChI=1S/C45H73N9O10/c1-11-35-45(7)39(54(43(59)64-45)18-13-12-17-53-25-33(50-51-53)30-15-14-16-31(47)19-30)29(5)48-23-26(2)21-44(6,60-10)40(27(3)37(56)28(4)41(58)62-35)63-42-38(57)34(52(8)9)20-32(61-42)24-49-36(55)22-46/h14-16,19,25-29,32,34-35,38-40,42,48,57H,11-13,17-18,20-24,46-47H2,1-10H3,(H,49,55)/t26-,27+,28-,29-,32?,34?,35-,38?,39-,40-,42+,44-,45-/m1/s1. The van der Waals surface area contributed by atoms with Crippen LogP contribution in [0.1, 0.15) is 80.6 Å². The van der Waals surface area contributed by atoms with Crippen LogP contribution in [0.25, 0.3) is 11.3 Å². The number of nitrogens with one attached hydrogen (secondary N) is 2. The average molecular weight is 900 g/mol. The summed E-state index contributed by atoms with van der Waals surface area (Å²) in [6.07, 6.45) is -1.02. The van der Waals surface area contributed by atoms with E-state index in [0.29, 0.717) is 63.1 Å². The zero-order chi connectivity index (χ0) is 47.1. The number of amides is 2. The number of aliphatic hydroxyl groups is 1. The molecule has 0 spiro atoms. The number of ether oxygens (including phenoxy) is 5. The quantitative estimate of drug-likeness (QED) is 0.0790. The second-order valence-corrected chi connectivity index (χ2v) is 18.6. The van der Waals surface area contributed by atoms with E-state index >= 15 is 0 Å². The third-order valence-electron chi connectivity index (χ3n) is 13.4. The van der Waals surface area contributed by atoms with Gasteiger partial charge in [0.05, 0.1) is 36.6 Å². The Kier molecular flexibility index (Phi) is 17.3. The SMILES string of the molecule is CC[C@H]1OC(=O)[C@H](C)C(=O)[C@H](C)[C@@H](O[C@@H]2OC(CNC(=O)CN)CC(N(C)C)C2O)[C@](C)(OC)C[C@@H](C)CN[C@H](C)[C@H]2N(CCCCn3cc(-c4cccc(N)c4)nn3)C(=O)O[C@]12C. The molecule has 5 rings (SSSR count). The summed E-state index contributed by atoms with van der Waals surface area (Å²) >= 11 is 0. The first kappa shape index (κ1) is 50.8. The maximum Gasteiger partial charge on any atom is 0.410 e. The smallest absolute Gasteiger partial charge is 0.410 e. The number of likely N-dealkylation sites (N-methyl/N-ethyl adjacent to an activating group) is 1. The van der Waals surface area contributed by atoms with Crippen molar-refractivity contribution in [3.05, 3.63) is 30.5 Å². The van der Waals surface area contributed by atoms with Crippen LogP contribution in [0.4, 0.5) is 10.5 Å². The number of aliphatic hydroxyl groups excluding tert-OH is 1. The molecule has 358 valence electrons. The van der Waals surface area contributed by atoms with E-state index in [2.05, 4.69) is 27.9 Å². The van der Waals surface area contributed by atoms with Gasteiger partial charge in [0.15, 0.2) is 17.7 Å². The molecule has 3 aliphatic heterocycles. The predicted octanol–water partition coefficient (Wildman–Crippen LogP) is 2.34. The van der Waals surface area contributed by atoms with Crippen LogP contribution in [0.2, 0.25) is 0 Å². The summed E-state index contributed by atoms with van der Waals surface area (Å²) in [6.45, 7) is 14.1. The Morgan fingerprint density at radius 1 is 1.12 bits per heavy atom. The first-order chi connectivity index (χ1) is 30.3. The number of rotatable bonds is 14. The molecule has 3 aliphatic rings. The van der Waals surface area contributed by atoms with Crippen molar-refractivity contribution in [2.45, 2.75) is 147 Å². The van der Waals surface area contributed by atoms with Gasteiger partial charge in [-0.3, -0.25) is 24.0 Å². The molecule has 3 saturated heterocycles. The molecule has 19 heteroatoms. The predicted molar refractivity (Wildman–Crippen MR) is 238 cm³/mol. The number of fused-ring (bicyclic) bond motifs is 1. The van der Waals surface area contributed by atoms with Crippen LogP contribution in [0.3, 0.4) is 0 Å². The maximum atomic E-state index is 14.5. The van der Waals surface area contributed by atoms with Gasteiger partial charge in [-0.15, -0.1) is 5.10 Å². The van der Waals surface area contributed by atoms with E-state index in [0.717, 1.165) is 5.56 Å². The Morgan fingerprint density at radius 2 is 1.84 bits per heavy atom. The fourth-order valence-electron chi connectivity index (χ4n) is 9.77. The molecule has 13 atom stereocenters. The normalized spacial score (nSPS) is 34.4. The van der Waals surface area contributed by atoms with Gasteiger partial charge in [0, 0.05) is 56.0 Å². The summed E-state index contributed by atoms with van der Waals surface area (Å²) in [5.41, 5.74) is 11.3. The van der Waals surface area contributed by atoms with E-state index in [1.54, 1.807) is 30.5 Å². The van der Waals surface area contributed by atoms with Gasteiger partial charge >= 0.3 is 12.1 Å². The number of unbranched alkanes of at least 4 members (excludes halogenated alkanes) is 1. The average Bonchev–Trinajstić information content (AvgIpc) is 3.84. The summed E-state index contributed by atoms with van der Waals surface area (Å²) in [6, 6.07) is 6.16. The summed E-state index contributed by atoms with van der Waals surface area (Å²) in [7, 11) is 5.22. The van der Waals surface area contributed by atoms with E-state index in [9.17, 15) is 24.3 Å². The number of nitrogens with zero attached hydrogens (tertiary/aromatic N) is 5. The fraction of sp³-hybridized carbons (Fsp3) is 0.733. The Hall–Kier alpha value is -4.24. The minimum Gasteiger partial charge on any atom is -0.458 e. The second-order valence-electron chi connectivity index (χ2n) is 18.6. The number of benzene rings is 1. The van der Waals surface area contributed by atoms with E-state index in [1.807, 2.05) is 70.2 Å². The van der Waals surface area contributed by atoms with Crippen molar-refractivity contribution in [1.82, 2.24) is 35.4 Å². The first-order valence-corrected chi connectivity index (χ1v) is 22.7. The van der Waals surface area contributed by atoms with Crippen molar-refractivity contribution in [2.24, 2.45) is 23.5 Å². The van der Waals surface area contributed by atoms with Crippen molar-refractivity contribution < 1.29 is 48.0 Å². The maximum absolute atomic E-state index is 14.5. The van der Waals surface area contributed by atoms with Crippen molar-refractivity contribution in [3.8, 4) is 11.3 Å².